The van der Waals surface area contributed by atoms with E-state index in [0.717, 1.165) is 66.2 Å². The molecule has 29 heavy (non-hydrogen) atoms. The van der Waals surface area contributed by atoms with Crippen molar-refractivity contribution in [2.75, 3.05) is 12.4 Å². The first kappa shape index (κ1) is 19.2. The molecule has 1 N–H and O–H groups in total. The molecule has 6 heteroatoms. The molecule has 0 bridgehead atoms. The molecule has 0 saturated heterocycles. The van der Waals surface area contributed by atoms with Crippen molar-refractivity contribution in [1.82, 2.24) is 0 Å². The summed E-state index contributed by atoms with van der Waals surface area (Å²) in [6, 6.07) is 6.73. The molecule has 0 unspecified atom stereocenters. The Morgan fingerprint density at radius 2 is 1.97 bits per heavy atom. The molecular formula is C23H21F2NO3. The van der Waals surface area contributed by atoms with Crippen LogP contribution in [0, 0.1) is 11.6 Å². The van der Waals surface area contributed by atoms with Crippen LogP contribution in [0.2, 0.25) is 0 Å². The fourth-order valence-electron chi connectivity index (χ4n) is 3.80. The number of benzene rings is 2. The molecule has 1 aromatic heterocycles. The highest BCUT2D eigenvalue weighted by molar-refractivity contribution is 6.04. The molecule has 0 fully saturated rings. The van der Waals surface area contributed by atoms with E-state index in [4.69, 9.17) is 9.15 Å². The van der Waals surface area contributed by atoms with Crippen molar-refractivity contribution >= 4 is 28.1 Å². The van der Waals surface area contributed by atoms with E-state index in [2.05, 4.69) is 5.32 Å². The summed E-state index contributed by atoms with van der Waals surface area (Å²) in [5, 5.41) is 3.41. The van der Waals surface area contributed by atoms with Gasteiger partial charge in [0.05, 0.1) is 12.8 Å². The van der Waals surface area contributed by atoms with Crippen molar-refractivity contribution in [2.24, 2.45) is 0 Å². The number of nitrogens with one attached hydrogen (secondary N) is 1. The highest BCUT2D eigenvalue weighted by atomic mass is 19.1. The average molecular weight is 397 g/mol. The molecule has 0 saturated carbocycles. The summed E-state index contributed by atoms with van der Waals surface area (Å²) in [4.78, 5) is 12.4. The number of furan rings is 1. The number of hydrogen-bond acceptors (Lipinski definition) is 3. The van der Waals surface area contributed by atoms with E-state index in [1.807, 2.05) is 12.1 Å². The molecular weight excluding hydrogens is 376 g/mol. The first-order chi connectivity index (χ1) is 14.0. The molecule has 2 aromatic carbocycles. The van der Waals surface area contributed by atoms with Gasteiger partial charge in [0.1, 0.15) is 28.7 Å². The van der Waals surface area contributed by atoms with Gasteiger partial charge in [-0.3, -0.25) is 4.79 Å². The Labute approximate surface area is 167 Å². The maximum absolute atomic E-state index is 13.8. The quantitative estimate of drug-likeness (QED) is 0.580. The van der Waals surface area contributed by atoms with Gasteiger partial charge in [0.25, 0.3) is 0 Å². The lowest BCUT2D eigenvalue weighted by atomic mass is 9.94. The van der Waals surface area contributed by atoms with Crippen LogP contribution in [0.15, 0.2) is 40.8 Å². The fraction of sp³-hybridized carbons (Fsp3) is 0.261. The molecule has 4 nitrogen and oxygen atoms in total. The number of allylic oxidation sites excluding steroid dienone is 1. The third-order valence-electron chi connectivity index (χ3n) is 5.24. The number of halogens is 2. The average Bonchev–Trinajstić information content (AvgIpc) is 3.07. The number of methoxy groups -OCH3 is 1. The van der Waals surface area contributed by atoms with Crippen LogP contribution in [0.4, 0.5) is 14.5 Å². The molecule has 1 heterocycles. The Balaban J connectivity index is 1.68. The van der Waals surface area contributed by atoms with Gasteiger partial charge in [-0.05, 0) is 50.0 Å². The van der Waals surface area contributed by atoms with Gasteiger partial charge in [0.2, 0.25) is 5.91 Å². The second kappa shape index (κ2) is 7.70. The molecule has 1 aliphatic carbocycles. The lowest BCUT2D eigenvalue weighted by molar-refractivity contribution is -0.111. The first-order valence-electron chi connectivity index (χ1n) is 9.53. The second-order valence-electron chi connectivity index (χ2n) is 7.20. The van der Waals surface area contributed by atoms with Crippen LogP contribution in [-0.4, -0.2) is 13.0 Å². The standard InChI is InChI=1S/C23H21F2NO3/c1-13(9-23(27)26-19-10-14(24)7-8-18(19)25)16-11-17-15-5-3-4-6-20(15)29-22(17)12-21(16)28-2/h7-12H,3-6H2,1-2H3,(H,26,27)/b13-9+. The highest BCUT2D eigenvalue weighted by Crippen LogP contribution is 2.37. The number of carbonyl (C=O) groups is 1. The zero-order chi connectivity index (χ0) is 20.5. The number of rotatable bonds is 4. The van der Waals surface area contributed by atoms with E-state index in [0.29, 0.717) is 11.3 Å². The second-order valence-corrected chi connectivity index (χ2v) is 7.20. The van der Waals surface area contributed by atoms with Crippen LogP contribution in [0.1, 0.15) is 36.7 Å². The Hall–Kier alpha value is -3.15. The predicted molar refractivity (Wildman–Crippen MR) is 108 cm³/mol. The maximum atomic E-state index is 13.8. The number of ether oxygens (including phenoxy) is 1. The Morgan fingerprint density at radius 1 is 1.17 bits per heavy atom. The van der Waals surface area contributed by atoms with Crippen molar-refractivity contribution in [2.45, 2.75) is 32.6 Å². The van der Waals surface area contributed by atoms with Crippen LogP contribution in [0.25, 0.3) is 16.5 Å². The minimum absolute atomic E-state index is 0.203. The summed E-state index contributed by atoms with van der Waals surface area (Å²) in [6.45, 7) is 1.78. The van der Waals surface area contributed by atoms with Crippen LogP contribution in [0.5, 0.6) is 5.75 Å². The largest absolute Gasteiger partial charge is 0.496 e. The summed E-state index contributed by atoms with van der Waals surface area (Å²) in [6.07, 6.45) is 5.49. The lowest BCUT2D eigenvalue weighted by Gasteiger charge is -2.11. The van der Waals surface area contributed by atoms with E-state index >= 15 is 0 Å². The Kier molecular flexibility index (Phi) is 5.09. The van der Waals surface area contributed by atoms with Crippen molar-refractivity contribution in [3.63, 3.8) is 0 Å². The van der Waals surface area contributed by atoms with Gasteiger partial charge in [-0.1, -0.05) is 0 Å². The van der Waals surface area contributed by atoms with E-state index < -0.39 is 17.5 Å². The van der Waals surface area contributed by atoms with Gasteiger partial charge in [-0.15, -0.1) is 0 Å². The lowest BCUT2D eigenvalue weighted by Crippen LogP contribution is -2.10. The summed E-state index contributed by atoms with van der Waals surface area (Å²) in [5.74, 6) is -0.272. The molecule has 0 aliphatic heterocycles. The van der Waals surface area contributed by atoms with E-state index in [1.165, 1.54) is 11.6 Å². The smallest absolute Gasteiger partial charge is 0.248 e. The van der Waals surface area contributed by atoms with Gasteiger partial charge in [-0.2, -0.15) is 0 Å². The van der Waals surface area contributed by atoms with Crippen molar-refractivity contribution in [3.8, 4) is 5.75 Å². The molecule has 1 aliphatic rings. The minimum Gasteiger partial charge on any atom is -0.496 e. The number of fused-ring (bicyclic) bond motifs is 3. The van der Waals surface area contributed by atoms with Gasteiger partial charge in [0, 0.05) is 41.1 Å². The maximum Gasteiger partial charge on any atom is 0.248 e. The molecule has 3 aromatic rings. The van der Waals surface area contributed by atoms with E-state index in [9.17, 15) is 13.6 Å². The summed E-state index contributed by atoms with van der Waals surface area (Å²) >= 11 is 0. The van der Waals surface area contributed by atoms with Crippen molar-refractivity contribution < 1.29 is 22.7 Å². The molecule has 150 valence electrons. The summed E-state index contributed by atoms with van der Waals surface area (Å²) in [5.41, 5.74) is 3.18. The van der Waals surface area contributed by atoms with Gasteiger partial charge in [-0.25, -0.2) is 8.78 Å². The van der Waals surface area contributed by atoms with Crippen molar-refractivity contribution in [1.29, 1.82) is 0 Å². The molecule has 0 spiro atoms. The van der Waals surface area contributed by atoms with Gasteiger partial charge < -0.3 is 14.5 Å². The number of amides is 1. The van der Waals surface area contributed by atoms with E-state index in [1.54, 1.807) is 14.0 Å². The first-order valence-corrected chi connectivity index (χ1v) is 9.53. The fourth-order valence-corrected chi connectivity index (χ4v) is 3.80. The molecule has 1 amide bonds. The summed E-state index contributed by atoms with van der Waals surface area (Å²) < 4.78 is 38.6. The van der Waals surface area contributed by atoms with E-state index in [-0.39, 0.29) is 5.69 Å². The predicted octanol–water partition coefficient (Wildman–Crippen LogP) is 5.64. The van der Waals surface area contributed by atoms with Crippen LogP contribution < -0.4 is 10.1 Å². The highest BCUT2D eigenvalue weighted by Gasteiger charge is 2.20. The zero-order valence-electron chi connectivity index (χ0n) is 16.3. The number of anilines is 1. The molecule has 4 rings (SSSR count). The Bertz CT molecular complexity index is 1130. The third-order valence-corrected chi connectivity index (χ3v) is 5.24. The zero-order valence-corrected chi connectivity index (χ0v) is 16.3. The topological polar surface area (TPSA) is 51.5 Å². The van der Waals surface area contributed by atoms with Crippen LogP contribution in [-0.2, 0) is 17.6 Å². The van der Waals surface area contributed by atoms with Crippen molar-refractivity contribution in [3.05, 3.63) is 64.9 Å². The third kappa shape index (κ3) is 3.75. The number of aryl methyl sites for hydroxylation is 2. The molecule has 0 radical (unpaired) electrons. The van der Waals surface area contributed by atoms with Gasteiger partial charge in [0.15, 0.2) is 0 Å². The summed E-state index contributed by atoms with van der Waals surface area (Å²) in [7, 11) is 1.56. The van der Waals surface area contributed by atoms with Gasteiger partial charge >= 0.3 is 0 Å². The Morgan fingerprint density at radius 3 is 2.76 bits per heavy atom. The van der Waals surface area contributed by atoms with Crippen LogP contribution in [0.3, 0.4) is 0 Å². The SMILES string of the molecule is COc1cc2oc3c(c2cc1/C(C)=C/C(=O)Nc1cc(F)ccc1F)CCCC3. The number of hydrogen-bond donors (Lipinski definition) is 1. The minimum atomic E-state index is -0.699. The number of carbonyl (C=O) groups excluding carboxylic acids is 1. The monoisotopic (exact) mass is 397 g/mol. The van der Waals surface area contributed by atoms with Crippen LogP contribution >= 0.6 is 0 Å². The molecule has 0 atom stereocenters. The normalized spacial score (nSPS) is 14.0.